The van der Waals surface area contributed by atoms with E-state index in [-0.39, 0.29) is 0 Å². The van der Waals surface area contributed by atoms with Crippen molar-refractivity contribution in [2.75, 3.05) is 0 Å². The van der Waals surface area contributed by atoms with Gasteiger partial charge < -0.3 is 0 Å². The molecule has 5 heteroatoms. The fourth-order valence-corrected chi connectivity index (χ4v) is 90.9. The van der Waals surface area contributed by atoms with Crippen molar-refractivity contribution in [1.29, 1.82) is 0 Å². The zero-order valence-corrected chi connectivity index (χ0v) is 45.8. The fraction of sp³-hybridized carbons (Fsp3) is 0.143. The van der Waals surface area contributed by atoms with E-state index in [1.165, 1.54) is 97.8 Å². The minimum absolute atomic E-state index is 1.29. The van der Waals surface area contributed by atoms with E-state index in [2.05, 4.69) is 281 Å². The average molecular weight is 1010 g/mol. The van der Waals surface area contributed by atoms with Crippen molar-refractivity contribution in [3.8, 4) is 0 Å². The molecule has 0 heterocycles. The molecule has 0 aliphatic carbocycles. The number of hydrogen-bond donors (Lipinski definition) is 0. The van der Waals surface area contributed by atoms with Gasteiger partial charge in [-0.05, 0) is 0 Å². The van der Waals surface area contributed by atoms with Gasteiger partial charge in [-0.15, -0.1) is 0 Å². The molecule has 0 fully saturated rings. The van der Waals surface area contributed by atoms with Crippen LogP contribution < -0.4 is 47.7 Å². The molecule has 0 spiro atoms. The average Bonchev–Trinajstić information content (AvgIpc) is 3.34. The Morgan fingerprint density at radius 3 is 0.412 bits per heavy atom. The first-order chi connectivity index (χ1) is 32.9. The van der Waals surface area contributed by atoms with Gasteiger partial charge in [0.1, 0.15) is 0 Å². The van der Waals surface area contributed by atoms with Gasteiger partial charge in [0.05, 0.1) is 0 Å². The van der Waals surface area contributed by atoms with Crippen LogP contribution in [-0.4, -0.2) is 0 Å². The van der Waals surface area contributed by atoms with Gasteiger partial charge in [-0.2, -0.15) is 0 Å². The summed E-state index contributed by atoms with van der Waals surface area (Å²) in [7, 11) is 7.56. The van der Waals surface area contributed by atoms with Gasteiger partial charge in [-0.1, -0.05) is 0 Å². The predicted octanol–water partition coefficient (Wildman–Crippen LogP) is 13.0. The third kappa shape index (κ3) is 7.19. The van der Waals surface area contributed by atoms with Crippen molar-refractivity contribution in [3.63, 3.8) is 0 Å². The van der Waals surface area contributed by atoms with Gasteiger partial charge in [-0.25, -0.2) is 0 Å². The summed E-state index contributed by atoms with van der Waals surface area (Å²) in [4.78, 5) is 0. The summed E-state index contributed by atoms with van der Waals surface area (Å²) in [5.74, 6) is -11.5. The van der Waals surface area contributed by atoms with Gasteiger partial charge in [0.25, 0.3) is 0 Å². The fourth-order valence-electron chi connectivity index (χ4n) is 11.5. The van der Waals surface area contributed by atoms with Gasteiger partial charge in [0.15, 0.2) is 0 Å². The Morgan fingerprint density at radius 1 is 0.206 bits per heavy atom. The summed E-state index contributed by atoms with van der Waals surface area (Å²) in [6, 6.07) is 85.2. The number of rotatable bonds is 12. The molecule has 0 atom stereocenters. The molecule has 9 rings (SSSR count). The monoisotopic (exact) mass is 1010 g/mol. The van der Waals surface area contributed by atoms with Crippen LogP contribution in [0.4, 0.5) is 0 Å². The van der Waals surface area contributed by atoms with Gasteiger partial charge in [0.2, 0.25) is 0 Å². The third-order valence-electron chi connectivity index (χ3n) is 14.6. The summed E-state index contributed by atoms with van der Waals surface area (Å²) < 4.78 is 0. The molecule has 0 aliphatic heterocycles. The molecule has 0 amide bonds. The Morgan fingerprint density at radius 2 is 0.309 bits per heavy atom. The van der Waals surface area contributed by atoms with E-state index < -0.39 is 28.4 Å². The predicted molar refractivity (Wildman–Crippen MR) is 308 cm³/mol. The zero-order chi connectivity index (χ0) is 47.8. The van der Waals surface area contributed by atoms with Crippen LogP contribution in [0.15, 0.2) is 218 Å². The molecule has 0 unspecified atom stereocenters. The van der Waals surface area contributed by atoms with Crippen LogP contribution in [-0.2, 0) is 10.4 Å². The third-order valence-corrected chi connectivity index (χ3v) is 71.0. The summed E-state index contributed by atoms with van der Waals surface area (Å²) in [6.45, 7) is 21.4. The van der Waals surface area contributed by atoms with Crippen LogP contribution in [0.5, 0.6) is 0 Å². The molecule has 0 saturated heterocycles. The molecule has 0 aliphatic rings. The Kier molecular flexibility index (Phi) is 13.8. The van der Waals surface area contributed by atoms with Crippen LogP contribution in [0, 0.1) is 62.3 Å². The first-order valence-corrected chi connectivity index (χ1v) is 35.4. The minimum atomic E-state index is -3.82. The first-order valence-electron chi connectivity index (χ1n) is 23.8. The van der Waals surface area contributed by atoms with E-state index in [1.54, 1.807) is 0 Å². The van der Waals surface area contributed by atoms with Crippen molar-refractivity contribution in [3.05, 3.63) is 268 Å². The van der Waals surface area contributed by atoms with E-state index in [0.717, 1.165) is 0 Å². The molecule has 9 aromatic rings. The van der Waals surface area contributed by atoms with Crippen LogP contribution >= 0.6 is 28.1 Å². The second-order valence-electron chi connectivity index (χ2n) is 18.6. The molecule has 0 nitrogen and oxygen atoms in total. The molecule has 349 valence electrons. The second-order valence-corrected chi connectivity index (χ2v) is 50.1. The van der Waals surface area contributed by atoms with Crippen molar-refractivity contribution >= 4 is 75.9 Å². The van der Waals surface area contributed by atoms with E-state index in [9.17, 15) is 10.1 Å². The van der Waals surface area contributed by atoms with E-state index >= 15 is 0 Å². The normalized spacial score (nSPS) is 14.1. The Bertz CT molecular complexity index is 2620. The van der Waals surface area contributed by atoms with Crippen LogP contribution in [0.1, 0.15) is 50.1 Å². The summed E-state index contributed by atoms with van der Waals surface area (Å²) >= 11 is 0. The van der Waals surface area contributed by atoms with Crippen LogP contribution in [0.2, 0.25) is 0 Å². The van der Waals surface area contributed by atoms with E-state index in [1.807, 2.05) is 0 Å². The summed E-state index contributed by atoms with van der Waals surface area (Å²) in [6.07, 6.45) is 0. The molecular formula is C63H66ClCoP3. The van der Waals surface area contributed by atoms with Crippen molar-refractivity contribution in [1.82, 2.24) is 0 Å². The molecule has 0 aromatic heterocycles. The van der Waals surface area contributed by atoms with E-state index in [0.29, 0.717) is 0 Å². The molecule has 68 heavy (non-hydrogen) atoms. The second kappa shape index (κ2) is 19.5. The molecule has 0 saturated carbocycles. The van der Waals surface area contributed by atoms with E-state index in [4.69, 9.17) is 0 Å². The van der Waals surface area contributed by atoms with Crippen molar-refractivity contribution in [2.45, 2.75) is 62.3 Å². The Hall–Kier alpha value is -4.93. The SMILES string of the molecule is Cc1ccccc1[PH](c1ccccc1C)(c1ccccc1C)[Co]([Cl])([PH](c1ccccc1C)(c1ccccc1C)c1ccccc1C)[PH](c1ccccc1C)(c1ccccc1C)c1ccccc1C. The summed E-state index contributed by atoms with van der Waals surface area (Å²) in [5, 5.41) is 12.7. The maximum atomic E-state index is 11.1. The molecule has 0 N–H and O–H groups in total. The number of benzene rings is 9. The maximum absolute atomic E-state index is 11.1. The van der Waals surface area contributed by atoms with Gasteiger partial charge in [0, 0.05) is 0 Å². The van der Waals surface area contributed by atoms with Gasteiger partial charge in [-0.3, -0.25) is 0 Å². The van der Waals surface area contributed by atoms with Crippen LogP contribution in [0.3, 0.4) is 0 Å². The number of halogens is 1. The number of hydrogen-bond acceptors (Lipinski definition) is 0. The van der Waals surface area contributed by atoms with Crippen LogP contribution in [0.25, 0.3) is 0 Å². The molecule has 0 bridgehead atoms. The number of aryl methyl sites for hydroxylation is 9. The van der Waals surface area contributed by atoms with Gasteiger partial charge >= 0.3 is 417 Å². The Labute approximate surface area is 414 Å². The Balaban J connectivity index is 1.84. The summed E-state index contributed by atoms with van der Waals surface area (Å²) in [5.41, 5.74) is 11.6. The topological polar surface area (TPSA) is 0 Å². The zero-order valence-electron chi connectivity index (χ0n) is 41.0. The quantitative estimate of drug-likeness (QED) is 0.107. The molecule has 9 aromatic carbocycles. The molecule has 0 radical (unpaired) electrons. The standard InChI is InChI=1S/3C21H21P.ClH.Co/c3*1-16-10-4-7-13-19(16)22(20-14-8-5-11-17(20)2)21-15-9-6-12-18(21)3;;/h3*4-15H,1-3H3;1H;/q;;;;-2/p+2. The molecular weight excluding hydrogens is 944 g/mol. The van der Waals surface area contributed by atoms with Crippen molar-refractivity contribution < 1.29 is 10.4 Å². The van der Waals surface area contributed by atoms with Crippen molar-refractivity contribution in [2.24, 2.45) is 0 Å². The first kappa shape index (κ1) is 48.1.